The molecular formula is C14H25N3O2. The van der Waals surface area contributed by atoms with Gasteiger partial charge in [0.05, 0.1) is 6.54 Å². The zero-order valence-corrected chi connectivity index (χ0v) is 12.2. The van der Waals surface area contributed by atoms with Gasteiger partial charge in [-0.3, -0.25) is 9.59 Å². The number of amides is 2. The molecule has 0 spiro atoms. The molecule has 0 aliphatic heterocycles. The van der Waals surface area contributed by atoms with E-state index in [0.717, 1.165) is 12.0 Å². The third kappa shape index (κ3) is 7.41. The molecule has 0 saturated heterocycles. The Bertz CT molecular complexity index is 349. The summed E-state index contributed by atoms with van der Waals surface area (Å²) in [5.74, 6) is -0.375. The van der Waals surface area contributed by atoms with Crippen LogP contribution >= 0.6 is 0 Å². The molecule has 5 nitrogen and oxygen atoms in total. The number of likely N-dealkylation sites (N-methyl/N-ethyl adjacent to an activating group) is 2. The van der Waals surface area contributed by atoms with Gasteiger partial charge >= 0.3 is 0 Å². The highest BCUT2D eigenvalue weighted by Crippen LogP contribution is 2.08. The summed E-state index contributed by atoms with van der Waals surface area (Å²) in [6.07, 6.45) is 7.40. The molecule has 3 N–H and O–H groups in total. The van der Waals surface area contributed by atoms with E-state index in [0.29, 0.717) is 6.42 Å². The maximum atomic E-state index is 11.8. The van der Waals surface area contributed by atoms with E-state index in [-0.39, 0.29) is 18.4 Å². The van der Waals surface area contributed by atoms with Crippen molar-refractivity contribution in [3.63, 3.8) is 0 Å². The van der Waals surface area contributed by atoms with Crippen LogP contribution in [-0.4, -0.2) is 38.5 Å². The van der Waals surface area contributed by atoms with Crippen molar-refractivity contribution in [2.45, 2.75) is 32.7 Å². The number of hydrogen-bond donors (Lipinski definition) is 3. The standard InChI is InChI=1S/C14H25N3O2/c1-5-7-8-11(6-2)9-12(14(19)16-4)17-13(18)10-15-3/h6-8,12,15H,5,9-10H2,1-4H3,(H,16,19)(H,17,18)/b8-7-,11-6+. The summed E-state index contributed by atoms with van der Waals surface area (Å²) in [6.45, 7) is 4.17. The Balaban J connectivity index is 4.71. The normalized spacial score (nSPS) is 13.4. The molecule has 0 aromatic heterocycles. The topological polar surface area (TPSA) is 70.2 Å². The molecule has 0 rings (SSSR count). The molecule has 0 aromatic rings. The predicted molar refractivity (Wildman–Crippen MR) is 77.7 cm³/mol. The van der Waals surface area contributed by atoms with E-state index < -0.39 is 6.04 Å². The Hall–Kier alpha value is -1.62. The van der Waals surface area contributed by atoms with E-state index in [4.69, 9.17) is 0 Å². The largest absolute Gasteiger partial charge is 0.357 e. The Labute approximate surface area is 115 Å². The molecule has 0 heterocycles. The van der Waals surface area contributed by atoms with Crippen LogP contribution in [0.3, 0.4) is 0 Å². The molecule has 1 atom stereocenters. The lowest BCUT2D eigenvalue weighted by Crippen LogP contribution is -2.48. The fourth-order valence-corrected chi connectivity index (χ4v) is 1.58. The van der Waals surface area contributed by atoms with Gasteiger partial charge in [0.15, 0.2) is 0 Å². The first-order valence-electron chi connectivity index (χ1n) is 6.56. The highest BCUT2D eigenvalue weighted by Gasteiger charge is 2.19. The zero-order chi connectivity index (χ0) is 14.7. The van der Waals surface area contributed by atoms with Crippen LogP contribution in [0.4, 0.5) is 0 Å². The molecule has 0 aliphatic rings. The maximum Gasteiger partial charge on any atom is 0.242 e. The van der Waals surface area contributed by atoms with Crippen molar-refractivity contribution in [3.8, 4) is 0 Å². The van der Waals surface area contributed by atoms with E-state index in [1.54, 1.807) is 14.1 Å². The van der Waals surface area contributed by atoms with Gasteiger partial charge in [0.25, 0.3) is 0 Å². The van der Waals surface area contributed by atoms with Gasteiger partial charge in [-0.05, 0) is 20.4 Å². The minimum atomic E-state index is -0.543. The zero-order valence-electron chi connectivity index (χ0n) is 12.2. The van der Waals surface area contributed by atoms with Crippen molar-refractivity contribution in [1.82, 2.24) is 16.0 Å². The summed E-state index contributed by atoms with van der Waals surface area (Å²) in [5, 5.41) is 8.05. The second kappa shape index (κ2) is 10.3. The average molecular weight is 267 g/mol. The van der Waals surface area contributed by atoms with Crippen molar-refractivity contribution < 1.29 is 9.59 Å². The van der Waals surface area contributed by atoms with Gasteiger partial charge < -0.3 is 16.0 Å². The third-order valence-corrected chi connectivity index (χ3v) is 2.61. The van der Waals surface area contributed by atoms with Crippen molar-refractivity contribution in [3.05, 3.63) is 23.8 Å². The number of rotatable bonds is 8. The molecule has 19 heavy (non-hydrogen) atoms. The Morgan fingerprint density at radius 3 is 2.42 bits per heavy atom. The highest BCUT2D eigenvalue weighted by molar-refractivity contribution is 5.88. The molecule has 0 bridgehead atoms. The van der Waals surface area contributed by atoms with Gasteiger partial charge in [-0.2, -0.15) is 0 Å². The summed E-state index contributed by atoms with van der Waals surface area (Å²) >= 11 is 0. The molecule has 2 amide bonds. The number of carbonyl (C=O) groups excluding carboxylic acids is 2. The number of nitrogens with one attached hydrogen (secondary N) is 3. The first-order chi connectivity index (χ1) is 9.08. The Kier molecular flexibility index (Phi) is 9.44. The van der Waals surface area contributed by atoms with E-state index in [1.165, 1.54) is 0 Å². The second-order valence-corrected chi connectivity index (χ2v) is 4.14. The van der Waals surface area contributed by atoms with Crippen LogP contribution in [0.25, 0.3) is 0 Å². The first-order valence-corrected chi connectivity index (χ1v) is 6.56. The number of allylic oxidation sites excluding steroid dienone is 3. The minimum Gasteiger partial charge on any atom is -0.357 e. The van der Waals surface area contributed by atoms with Crippen LogP contribution in [-0.2, 0) is 9.59 Å². The predicted octanol–water partition coefficient (Wildman–Crippen LogP) is 0.739. The highest BCUT2D eigenvalue weighted by atomic mass is 16.2. The van der Waals surface area contributed by atoms with E-state index in [1.807, 2.05) is 25.2 Å². The van der Waals surface area contributed by atoms with Gasteiger partial charge in [-0.15, -0.1) is 0 Å². The summed E-state index contributed by atoms with van der Waals surface area (Å²) in [4.78, 5) is 23.3. The molecule has 0 aliphatic carbocycles. The minimum absolute atomic E-state index is 0.186. The number of carbonyl (C=O) groups is 2. The Morgan fingerprint density at radius 1 is 1.26 bits per heavy atom. The lowest BCUT2D eigenvalue weighted by atomic mass is 10.0. The monoisotopic (exact) mass is 267 g/mol. The van der Waals surface area contributed by atoms with E-state index in [9.17, 15) is 9.59 Å². The quantitative estimate of drug-likeness (QED) is 0.568. The summed E-state index contributed by atoms with van der Waals surface area (Å²) in [7, 11) is 3.26. The molecule has 0 aromatic carbocycles. The van der Waals surface area contributed by atoms with Gasteiger partial charge in [0, 0.05) is 13.5 Å². The van der Waals surface area contributed by atoms with Crippen LogP contribution < -0.4 is 16.0 Å². The summed E-state index contributed by atoms with van der Waals surface area (Å²) in [5.41, 5.74) is 1.03. The molecular weight excluding hydrogens is 242 g/mol. The average Bonchev–Trinajstić information content (AvgIpc) is 2.41. The fourth-order valence-electron chi connectivity index (χ4n) is 1.58. The second-order valence-electron chi connectivity index (χ2n) is 4.14. The summed E-state index contributed by atoms with van der Waals surface area (Å²) < 4.78 is 0. The van der Waals surface area contributed by atoms with Crippen molar-refractivity contribution in [2.75, 3.05) is 20.6 Å². The Morgan fingerprint density at radius 2 is 1.95 bits per heavy atom. The molecule has 1 unspecified atom stereocenters. The molecule has 0 radical (unpaired) electrons. The number of hydrogen-bond acceptors (Lipinski definition) is 3. The SMILES string of the molecule is C/C=C(\C=C/CC)CC(NC(=O)CNC)C(=O)NC. The molecule has 108 valence electrons. The molecule has 0 fully saturated rings. The smallest absolute Gasteiger partial charge is 0.242 e. The molecule has 0 saturated carbocycles. The van der Waals surface area contributed by atoms with Gasteiger partial charge in [-0.1, -0.05) is 30.7 Å². The van der Waals surface area contributed by atoms with Crippen molar-refractivity contribution in [2.24, 2.45) is 0 Å². The van der Waals surface area contributed by atoms with E-state index in [2.05, 4.69) is 22.9 Å². The van der Waals surface area contributed by atoms with Crippen LogP contribution in [0.5, 0.6) is 0 Å². The van der Waals surface area contributed by atoms with Crippen LogP contribution in [0.1, 0.15) is 26.7 Å². The van der Waals surface area contributed by atoms with Gasteiger partial charge in [0.2, 0.25) is 11.8 Å². The molecule has 5 heteroatoms. The lowest BCUT2D eigenvalue weighted by Gasteiger charge is -2.17. The van der Waals surface area contributed by atoms with E-state index >= 15 is 0 Å². The van der Waals surface area contributed by atoms with Crippen LogP contribution in [0, 0.1) is 0 Å². The fraction of sp³-hybridized carbons (Fsp3) is 0.571. The van der Waals surface area contributed by atoms with Crippen LogP contribution in [0.15, 0.2) is 23.8 Å². The van der Waals surface area contributed by atoms with Crippen molar-refractivity contribution in [1.29, 1.82) is 0 Å². The summed E-state index contributed by atoms with van der Waals surface area (Å²) in [6, 6.07) is -0.543. The van der Waals surface area contributed by atoms with Gasteiger partial charge in [-0.25, -0.2) is 0 Å². The third-order valence-electron chi connectivity index (χ3n) is 2.61. The maximum absolute atomic E-state index is 11.8. The van der Waals surface area contributed by atoms with Crippen molar-refractivity contribution >= 4 is 11.8 Å². The van der Waals surface area contributed by atoms with Crippen LogP contribution in [0.2, 0.25) is 0 Å². The first kappa shape index (κ1) is 17.4. The lowest BCUT2D eigenvalue weighted by molar-refractivity contribution is -0.128. The van der Waals surface area contributed by atoms with Gasteiger partial charge in [0.1, 0.15) is 6.04 Å².